The van der Waals surface area contributed by atoms with E-state index in [-0.39, 0.29) is 0 Å². The summed E-state index contributed by atoms with van der Waals surface area (Å²) >= 11 is 6.39. The van der Waals surface area contributed by atoms with Gasteiger partial charge in [-0.05, 0) is 48.9 Å². The van der Waals surface area contributed by atoms with Crippen molar-refractivity contribution in [2.45, 2.75) is 19.4 Å². The average molecular weight is 392 g/mol. The Kier molecular flexibility index (Phi) is 6.69. The molecule has 6 heteroatoms. The number of hydrogen-bond acceptors (Lipinski definition) is 5. The molecule has 3 rings (SSSR count). The van der Waals surface area contributed by atoms with E-state index in [0.29, 0.717) is 24.0 Å². The first-order chi connectivity index (χ1) is 13.1. The zero-order valence-electron chi connectivity index (χ0n) is 16.1. The van der Waals surface area contributed by atoms with Gasteiger partial charge in [-0.2, -0.15) is 0 Å². The molecule has 1 heterocycles. The van der Waals surface area contributed by atoms with Crippen molar-refractivity contribution in [2.75, 3.05) is 41.0 Å². The maximum Gasteiger partial charge on any atom is 0.179 e. The predicted octanol–water partition coefficient (Wildman–Crippen LogP) is 4.19. The van der Waals surface area contributed by atoms with Crippen LogP contribution in [-0.4, -0.2) is 45.9 Å². The molecule has 0 spiro atoms. The van der Waals surface area contributed by atoms with Crippen molar-refractivity contribution in [1.29, 1.82) is 0 Å². The van der Waals surface area contributed by atoms with Gasteiger partial charge in [0.05, 0.1) is 32.5 Å². The second-order valence-electron chi connectivity index (χ2n) is 6.63. The molecule has 5 nitrogen and oxygen atoms in total. The molecule has 1 aliphatic rings. The standard InChI is InChI=1S/C21H26ClNO4/c1-23(8-7-15-5-6-18(24-2)19(12-15)25-3)14-16-11-17(22)21-20(13-16)26-9-4-10-27-21/h5-6,11-13H,4,7-10,14H2,1-3H3. The third-order valence-electron chi connectivity index (χ3n) is 4.54. The Morgan fingerprint density at radius 1 is 1.00 bits per heavy atom. The van der Waals surface area contributed by atoms with Crippen LogP contribution in [0.25, 0.3) is 0 Å². The van der Waals surface area contributed by atoms with Gasteiger partial charge in [0.1, 0.15) is 0 Å². The van der Waals surface area contributed by atoms with E-state index in [1.165, 1.54) is 5.56 Å². The molecule has 0 aromatic heterocycles. The number of likely N-dealkylation sites (N-methyl/N-ethyl adjacent to an activating group) is 1. The molecule has 0 saturated heterocycles. The molecule has 146 valence electrons. The van der Waals surface area contributed by atoms with E-state index in [1.807, 2.05) is 24.3 Å². The number of fused-ring (bicyclic) bond motifs is 1. The van der Waals surface area contributed by atoms with E-state index in [2.05, 4.69) is 18.0 Å². The van der Waals surface area contributed by atoms with Crippen molar-refractivity contribution in [3.63, 3.8) is 0 Å². The summed E-state index contributed by atoms with van der Waals surface area (Å²) in [6, 6.07) is 10.0. The van der Waals surface area contributed by atoms with Gasteiger partial charge >= 0.3 is 0 Å². The Bertz CT molecular complexity index is 781. The number of halogens is 1. The van der Waals surface area contributed by atoms with Crippen molar-refractivity contribution in [2.24, 2.45) is 0 Å². The third kappa shape index (κ3) is 4.99. The molecule has 2 aromatic carbocycles. The molecular formula is C21H26ClNO4. The Balaban J connectivity index is 1.62. The molecule has 0 amide bonds. The van der Waals surface area contributed by atoms with Crippen LogP contribution in [0.1, 0.15) is 17.5 Å². The lowest BCUT2D eigenvalue weighted by Gasteiger charge is -2.19. The van der Waals surface area contributed by atoms with Crippen molar-refractivity contribution >= 4 is 11.6 Å². The van der Waals surface area contributed by atoms with Crippen LogP contribution in [0.15, 0.2) is 30.3 Å². The van der Waals surface area contributed by atoms with Gasteiger partial charge in [-0.25, -0.2) is 0 Å². The summed E-state index contributed by atoms with van der Waals surface area (Å²) in [6.07, 6.45) is 1.78. The topological polar surface area (TPSA) is 40.2 Å². The van der Waals surface area contributed by atoms with Crippen LogP contribution >= 0.6 is 11.6 Å². The lowest BCUT2D eigenvalue weighted by Crippen LogP contribution is -2.20. The fraction of sp³-hybridized carbons (Fsp3) is 0.429. The summed E-state index contributed by atoms with van der Waals surface area (Å²) in [5, 5.41) is 0.609. The molecule has 0 atom stereocenters. The van der Waals surface area contributed by atoms with Gasteiger partial charge in [-0.15, -0.1) is 0 Å². The highest BCUT2D eigenvalue weighted by molar-refractivity contribution is 6.32. The first-order valence-electron chi connectivity index (χ1n) is 9.08. The van der Waals surface area contributed by atoms with Gasteiger partial charge in [-0.1, -0.05) is 17.7 Å². The molecule has 0 radical (unpaired) electrons. The minimum Gasteiger partial charge on any atom is -0.493 e. The number of rotatable bonds is 7. The van der Waals surface area contributed by atoms with Crippen LogP contribution in [0.2, 0.25) is 5.02 Å². The smallest absolute Gasteiger partial charge is 0.179 e. The van der Waals surface area contributed by atoms with Gasteiger partial charge in [0, 0.05) is 19.5 Å². The Labute approximate surface area is 165 Å². The third-order valence-corrected chi connectivity index (χ3v) is 4.83. The normalized spacial score (nSPS) is 13.4. The van der Waals surface area contributed by atoms with Crippen molar-refractivity contribution < 1.29 is 18.9 Å². The molecule has 0 unspecified atom stereocenters. The van der Waals surface area contributed by atoms with Gasteiger partial charge < -0.3 is 23.8 Å². The zero-order chi connectivity index (χ0) is 19.2. The molecule has 0 aliphatic carbocycles. The highest BCUT2D eigenvalue weighted by Gasteiger charge is 2.16. The summed E-state index contributed by atoms with van der Waals surface area (Å²) in [5.74, 6) is 2.90. The van der Waals surface area contributed by atoms with Crippen LogP contribution in [0.4, 0.5) is 0 Å². The largest absolute Gasteiger partial charge is 0.493 e. The van der Waals surface area contributed by atoms with Crippen molar-refractivity contribution in [1.82, 2.24) is 4.90 Å². The fourth-order valence-corrected chi connectivity index (χ4v) is 3.41. The summed E-state index contributed by atoms with van der Waals surface area (Å²) in [5.41, 5.74) is 2.32. The van der Waals surface area contributed by atoms with Crippen LogP contribution < -0.4 is 18.9 Å². The molecule has 0 N–H and O–H groups in total. The first kappa shape index (κ1) is 19.6. The van der Waals surface area contributed by atoms with E-state index >= 15 is 0 Å². The number of benzene rings is 2. The summed E-state index contributed by atoms with van der Waals surface area (Å²) < 4.78 is 22.1. The molecule has 2 aromatic rings. The van der Waals surface area contributed by atoms with Crippen molar-refractivity contribution in [3.05, 3.63) is 46.5 Å². The van der Waals surface area contributed by atoms with Gasteiger partial charge in [0.25, 0.3) is 0 Å². The highest BCUT2D eigenvalue weighted by atomic mass is 35.5. The summed E-state index contributed by atoms with van der Waals surface area (Å²) in [7, 11) is 5.39. The maximum absolute atomic E-state index is 6.39. The molecular weight excluding hydrogens is 366 g/mol. The van der Waals surface area contributed by atoms with Crippen LogP contribution in [-0.2, 0) is 13.0 Å². The van der Waals surface area contributed by atoms with E-state index in [4.69, 9.17) is 30.5 Å². The molecule has 0 fully saturated rings. The monoisotopic (exact) mass is 391 g/mol. The van der Waals surface area contributed by atoms with Crippen LogP contribution in [0, 0.1) is 0 Å². The highest BCUT2D eigenvalue weighted by Crippen LogP contribution is 2.38. The number of ether oxygens (including phenoxy) is 4. The molecule has 27 heavy (non-hydrogen) atoms. The maximum atomic E-state index is 6.39. The van der Waals surface area contributed by atoms with Crippen LogP contribution in [0.3, 0.4) is 0 Å². The van der Waals surface area contributed by atoms with E-state index < -0.39 is 0 Å². The minimum atomic E-state index is 0.609. The lowest BCUT2D eigenvalue weighted by molar-refractivity contribution is 0.296. The fourth-order valence-electron chi connectivity index (χ4n) is 3.12. The Morgan fingerprint density at radius 3 is 2.56 bits per heavy atom. The Morgan fingerprint density at radius 2 is 1.78 bits per heavy atom. The number of hydrogen-bond donors (Lipinski definition) is 0. The number of nitrogens with zero attached hydrogens (tertiary/aromatic N) is 1. The molecule has 0 bridgehead atoms. The quantitative estimate of drug-likeness (QED) is 0.707. The van der Waals surface area contributed by atoms with Gasteiger partial charge in [-0.3, -0.25) is 0 Å². The lowest BCUT2D eigenvalue weighted by atomic mass is 10.1. The predicted molar refractivity (Wildman–Crippen MR) is 107 cm³/mol. The summed E-state index contributed by atoms with van der Waals surface area (Å²) in [4.78, 5) is 2.26. The van der Waals surface area contributed by atoms with Crippen molar-refractivity contribution in [3.8, 4) is 23.0 Å². The second-order valence-corrected chi connectivity index (χ2v) is 7.04. The van der Waals surface area contributed by atoms with Crippen LogP contribution in [0.5, 0.6) is 23.0 Å². The van der Waals surface area contributed by atoms with E-state index in [0.717, 1.165) is 48.7 Å². The van der Waals surface area contributed by atoms with Gasteiger partial charge in [0.15, 0.2) is 23.0 Å². The van der Waals surface area contributed by atoms with E-state index in [1.54, 1.807) is 14.2 Å². The second kappa shape index (κ2) is 9.20. The SMILES string of the molecule is COc1ccc(CCN(C)Cc2cc(Cl)c3c(c2)OCCCO3)cc1OC. The first-order valence-corrected chi connectivity index (χ1v) is 9.46. The molecule has 0 saturated carbocycles. The van der Waals surface area contributed by atoms with E-state index in [9.17, 15) is 0 Å². The minimum absolute atomic E-state index is 0.609. The number of methoxy groups -OCH3 is 2. The zero-order valence-corrected chi connectivity index (χ0v) is 16.8. The average Bonchev–Trinajstić information content (AvgIpc) is 2.92. The van der Waals surface area contributed by atoms with Gasteiger partial charge in [0.2, 0.25) is 0 Å². The molecule has 1 aliphatic heterocycles. The Hall–Kier alpha value is -2.11. The summed E-state index contributed by atoms with van der Waals surface area (Å²) in [6.45, 7) is 2.98.